The highest BCUT2D eigenvalue weighted by atomic mass is 16.4. The molecule has 3 nitrogen and oxygen atoms in total. The Kier molecular flexibility index (Phi) is 3.51. The first-order valence-electron chi connectivity index (χ1n) is 4.56. The molecule has 2 unspecified atom stereocenters. The third kappa shape index (κ3) is 2.32. The van der Waals surface area contributed by atoms with Crippen molar-refractivity contribution in [2.24, 2.45) is 5.92 Å². The fraction of sp³-hybridized carbons (Fsp3) is 0.600. The maximum absolute atomic E-state index is 9.72. The van der Waals surface area contributed by atoms with E-state index in [1.807, 2.05) is 13.8 Å². The van der Waals surface area contributed by atoms with Gasteiger partial charge in [-0.25, -0.2) is 0 Å². The number of furan rings is 1. The lowest BCUT2D eigenvalue weighted by molar-refractivity contribution is 0.0885. The van der Waals surface area contributed by atoms with Crippen LogP contribution in [0.2, 0.25) is 0 Å². The van der Waals surface area contributed by atoms with Crippen LogP contribution >= 0.6 is 0 Å². The van der Waals surface area contributed by atoms with Crippen LogP contribution in [0.5, 0.6) is 0 Å². The van der Waals surface area contributed by atoms with Crippen LogP contribution in [-0.4, -0.2) is 10.2 Å². The van der Waals surface area contributed by atoms with E-state index in [0.717, 1.165) is 6.42 Å². The van der Waals surface area contributed by atoms with Gasteiger partial charge in [0.2, 0.25) is 0 Å². The Hall–Kier alpha value is -0.800. The molecule has 0 bridgehead atoms. The Labute approximate surface area is 78.0 Å². The van der Waals surface area contributed by atoms with Crippen LogP contribution in [0.4, 0.5) is 0 Å². The van der Waals surface area contributed by atoms with Crippen molar-refractivity contribution in [2.45, 2.75) is 33.0 Å². The van der Waals surface area contributed by atoms with Crippen molar-refractivity contribution in [3.8, 4) is 0 Å². The quantitative estimate of drug-likeness (QED) is 0.750. The highest BCUT2D eigenvalue weighted by molar-refractivity contribution is 5.09. The lowest BCUT2D eigenvalue weighted by atomic mass is 10.0. The minimum absolute atomic E-state index is 0.118. The summed E-state index contributed by atoms with van der Waals surface area (Å²) in [5.41, 5.74) is 0. The molecule has 0 saturated heterocycles. The van der Waals surface area contributed by atoms with Crippen LogP contribution in [0.3, 0.4) is 0 Å². The van der Waals surface area contributed by atoms with E-state index in [2.05, 4.69) is 0 Å². The molecule has 2 atom stereocenters. The van der Waals surface area contributed by atoms with E-state index in [0.29, 0.717) is 11.5 Å². The summed E-state index contributed by atoms with van der Waals surface area (Å²) >= 11 is 0. The fourth-order valence-electron chi connectivity index (χ4n) is 1.14. The molecule has 0 aromatic carbocycles. The van der Waals surface area contributed by atoms with Gasteiger partial charge in [0, 0.05) is 0 Å². The Morgan fingerprint density at radius 3 is 2.62 bits per heavy atom. The summed E-state index contributed by atoms with van der Waals surface area (Å²) in [4.78, 5) is 0. The summed E-state index contributed by atoms with van der Waals surface area (Å²) in [6.07, 6.45) is 0.335. The molecule has 0 aliphatic heterocycles. The van der Waals surface area contributed by atoms with Gasteiger partial charge < -0.3 is 14.6 Å². The zero-order valence-corrected chi connectivity index (χ0v) is 8.03. The van der Waals surface area contributed by atoms with E-state index in [-0.39, 0.29) is 12.5 Å². The fourth-order valence-corrected chi connectivity index (χ4v) is 1.14. The van der Waals surface area contributed by atoms with Crippen molar-refractivity contribution in [3.05, 3.63) is 23.7 Å². The van der Waals surface area contributed by atoms with Gasteiger partial charge >= 0.3 is 0 Å². The second-order valence-corrected chi connectivity index (χ2v) is 3.29. The second kappa shape index (κ2) is 4.44. The van der Waals surface area contributed by atoms with E-state index in [1.165, 1.54) is 0 Å². The SMILES string of the molecule is CCC(C)C(O)c1ccc(CO)o1. The monoisotopic (exact) mass is 184 g/mol. The Bertz CT molecular complexity index is 254. The zero-order valence-electron chi connectivity index (χ0n) is 8.03. The van der Waals surface area contributed by atoms with Crippen LogP contribution in [0.15, 0.2) is 16.5 Å². The highest BCUT2D eigenvalue weighted by Gasteiger charge is 2.17. The molecule has 0 amide bonds. The van der Waals surface area contributed by atoms with Gasteiger partial charge in [0.1, 0.15) is 24.2 Å². The minimum Gasteiger partial charge on any atom is -0.461 e. The summed E-state index contributed by atoms with van der Waals surface area (Å²) in [7, 11) is 0. The molecule has 0 saturated carbocycles. The van der Waals surface area contributed by atoms with Gasteiger partial charge in [0.25, 0.3) is 0 Å². The largest absolute Gasteiger partial charge is 0.461 e. The van der Waals surface area contributed by atoms with E-state index in [1.54, 1.807) is 12.1 Å². The molecule has 0 radical (unpaired) electrons. The van der Waals surface area contributed by atoms with E-state index in [9.17, 15) is 5.11 Å². The molecule has 2 N–H and O–H groups in total. The molecular formula is C10H16O3. The second-order valence-electron chi connectivity index (χ2n) is 3.29. The Balaban J connectivity index is 2.70. The molecule has 1 rings (SSSR count). The average molecular weight is 184 g/mol. The number of aliphatic hydroxyl groups excluding tert-OH is 2. The van der Waals surface area contributed by atoms with Gasteiger partial charge in [-0.05, 0) is 18.1 Å². The first-order chi connectivity index (χ1) is 6.19. The first kappa shape index (κ1) is 10.3. The van der Waals surface area contributed by atoms with E-state index in [4.69, 9.17) is 9.52 Å². The van der Waals surface area contributed by atoms with Gasteiger partial charge in [-0.3, -0.25) is 0 Å². The molecule has 74 valence electrons. The molecule has 0 fully saturated rings. The van der Waals surface area contributed by atoms with E-state index >= 15 is 0 Å². The number of hydrogen-bond donors (Lipinski definition) is 2. The minimum atomic E-state index is -0.565. The molecule has 0 aliphatic rings. The summed E-state index contributed by atoms with van der Waals surface area (Å²) in [6, 6.07) is 3.39. The molecule has 1 aromatic rings. The maximum Gasteiger partial charge on any atom is 0.133 e. The van der Waals surface area contributed by atoms with Crippen molar-refractivity contribution in [1.82, 2.24) is 0 Å². The van der Waals surface area contributed by atoms with Crippen LogP contribution < -0.4 is 0 Å². The van der Waals surface area contributed by atoms with Gasteiger partial charge in [0.05, 0.1) is 0 Å². The van der Waals surface area contributed by atoms with Crippen molar-refractivity contribution < 1.29 is 14.6 Å². The number of rotatable bonds is 4. The van der Waals surface area contributed by atoms with Crippen molar-refractivity contribution in [3.63, 3.8) is 0 Å². The van der Waals surface area contributed by atoms with Crippen LogP contribution in [0.25, 0.3) is 0 Å². The molecule has 1 heterocycles. The topological polar surface area (TPSA) is 53.6 Å². The molecule has 0 aliphatic carbocycles. The van der Waals surface area contributed by atoms with Crippen molar-refractivity contribution >= 4 is 0 Å². The standard InChI is InChI=1S/C10H16O3/c1-3-7(2)10(12)9-5-4-8(6-11)13-9/h4-5,7,10-12H,3,6H2,1-2H3. The predicted octanol–water partition coefficient (Wildman–Crippen LogP) is 1.85. The number of hydrogen-bond acceptors (Lipinski definition) is 3. The van der Waals surface area contributed by atoms with Gasteiger partial charge in [-0.15, -0.1) is 0 Å². The van der Waals surface area contributed by atoms with Crippen LogP contribution in [0, 0.1) is 5.92 Å². The Morgan fingerprint density at radius 1 is 1.46 bits per heavy atom. The molecular weight excluding hydrogens is 168 g/mol. The molecule has 1 aromatic heterocycles. The predicted molar refractivity (Wildman–Crippen MR) is 49.0 cm³/mol. The van der Waals surface area contributed by atoms with Crippen LogP contribution in [-0.2, 0) is 6.61 Å². The third-order valence-corrected chi connectivity index (χ3v) is 2.31. The molecule has 13 heavy (non-hydrogen) atoms. The smallest absolute Gasteiger partial charge is 0.133 e. The van der Waals surface area contributed by atoms with Crippen molar-refractivity contribution in [2.75, 3.05) is 0 Å². The van der Waals surface area contributed by atoms with Gasteiger partial charge in [0.15, 0.2) is 0 Å². The summed E-state index contributed by atoms with van der Waals surface area (Å²) < 4.78 is 5.22. The van der Waals surface area contributed by atoms with Crippen LogP contribution in [0.1, 0.15) is 37.9 Å². The average Bonchev–Trinajstić information content (AvgIpc) is 2.63. The first-order valence-corrected chi connectivity index (χ1v) is 4.56. The normalized spacial score (nSPS) is 15.7. The summed E-state index contributed by atoms with van der Waals surface area (Å²) in [6.45, 7) is 3.86. The third-order valence-electron chi connectivity index (χ3n) is 2.31. The number of aliphatic hydroxyl groups is 2. The Morgan fingerprint density at radius 2 is 2.15 bits per heavy atom. The highest BCUT2D eigenvalue weighted by Crippen LogP contribution is 2.25. The zero-order chi connectivity index (χ0) is 9.84. The summed E-state index contributed by atoms with van der Waals surface area (Å²) in [5.74, 6) is 1.22. The maximum atomic E-state index is 9.72. The van der Waals surface area contributed by atoms with Gasteiger partial charge in [-0.1, -0.05) is 20.3 Å². The summed E-state index contributed by atoms with van der Waals surface area (Å²) in [5, 5.41) is 18.5. The molecule has 0 spiro atoms. The van der Waals surface area contributed by atoms with E-state index < -0.39 is 6.10 Å². The lowest BCUT2D eigenvalue weighted by Gasteiger charge is -2.14. The van der Waals surface area contributed by atoms with Gasteiger partial charge in [-0.2, -0.15) is 0 Å². The lowest BCUT2D eigenvalue weighted by Crippen LogP contribution is -2.06. The van der Waals surface area contributed by atoms with Crippen molar-refractivity contribution in [1.29, 1.82) is 0 Å². The molecule has 3 heteroatoms.